The maximum atomic E-state index is 12.9. The van der Waals surface area contributed by atoms with Crippen molar-refractivity contribution in [2.24, 2.45) is 0 Å². The minimum Gasteiger partial charge on any atom is -0.464 e. The fraction of sp³-hybridized carbons (Fsp3) is 0.600. The minimum atomic E-state index is -1.30. The molecule has 0 saturated carbocycles. The van der Waals surface area contributed by atoms with E-state index in [0.29, 0.717) is 0 Å². The van der Waals surface area contributed by atoms with Crippen molar-refractivity contribution in [1.82, 2.24) is 4.90 Å². The number of hydrogen-bond donors (Lipinski definition) is 0. The highest BCUT2D eigenvalue weighted by atomic mass is 16.6. The first-order valence-electron chi connectivity index (χ1n) is 8.79. The first-order chi connectivity index (χ1) is 12.1. The molecule has 0 N–H and O–H groups in total. The van der Waals surface area contributed by atoms with Gasteiger partial charge in [-0.25, -0.2) is 9.59 Å². The minimum absolute atomic E-state index is 0.0958. The Hall–Kier alpha value is -2.08. The van der Waals surface area contributed by atoms with E-state index in [-0.39, 0.29) is 19.3 Å². The number of methoxy groups -OCH3 is 1. The Balaban J connectivity index is 3.39. The Kier molecular flexibility index (Phi) is 7.63. The molecule has 0 aliphatic rings. The molecule has 26 heavy (non-hydrogen) atoms. The zero-order chi connectivity index (χ0) is 20.0. The lowest BCUT2D eigenvalue weighted by atomic mass is 9.80. The molecule has 0 aliphatic carbocycles. The lowest BCUT2D eigenvalue weighted by Gasteiger charge is -2.42. The van der Waals surface area contributed by atoms with Gasteiger partial charge >= 0.3 is 12.1 Å². The number of esters is 1. The van der Waals surface area contributed by atoms with Crippen LogP contribution in [0.25, 0.3) is 0 Å². The van der Waals surface area contributed by atoms with Crippen LogP contribution >= 0.6 is 0 Å². The zero-order valence-electron chi connectivity index (χ0n) is 16.9. The number of ether oxygens (including phenoxy) is 3. The Morgan fingerprint density at radius 2 is 1.69 bits per heavy atom. The molecule has 0 saturated heterocycles. The first kappa shape index (κ1) is 22.0. The highest BCUT2D eigenvalue weighted by Gasteiger charge is 2.50. The van der Waals surface area contributed by atoms with Crippen molar-refractivity contribution < 1.29 is 23.8 Å². The molecule has 146 valence electrons. The predicted octanol–water partition coefficient (Wildman–Crippen LogP) is 3.95. The van der Waals surface area contributed by atoms with Gasteiger partial charge in [0.05, 0.1) is 6.61 Å². The monoisotopic (exact) mass is 365 g/mol. The molecule has 1 aromatic carbocycles. The maximum Gasteiger partial charge on any atom is 0.413 e. The van der Waals surface area contributed by atoms with Crippen molar-refractivity contribution in [1.29, 1.82) is 0 Å². The van der Waals surface area contributed by atoms with Gasteiger partial charge in [-0.3, -0.25) is 4.90 Å². The van der Waals surface area contributed by atoms with Gasteiger partial charge in [-0.1, -0.05) is 37.3 Å². The Labute approximate surface area is 156 Å². The van der Waals surface area contributed by atoms with E-state index < -0.39 is 23.2 Å². The van der Waals surface area contributed by atoms with E-state index in [2.05, 4.69) is 0 Å². The normalized spacial score (nSPS) is 14.9. The summed E-state index contributed by atoms with van der Waals surface area (Å²) in [4.78, 5) is 27.1. The predicted molar refractivity (Wildman–Crippen MR) is 99.8 cm³/mol. The van der Waals surface area contributed by atoms with Crippen LogP contribution in [-0.4, -0.2) is 48.5 Å². The third-order valence-corrected chi connectivity index (χ3v) is 4.26. The SMILES string of the molecule is CCOC(=O)[C@@](C)([C@H](C)c1ccccc1)N(COC)C(=O)OC(C)(C)C. The van der Waals surface area contributed by atoms with E-state index in [9.17, 15) is 9.59 Å². The van der Waals surface area contributed by atoms with Gasteiger partial charge in [0.25, 0.3) is 0 Å². The van der Waals surface area contributed by atoms with Gasteiger partial charge in [-0.05, 0) is 40.2 Å². The molecule has 0 unspecified atom stereocenters. The average Bonchev–Trinajstić information content (AvgIpc) is 2.57. The molecule has 0 aromatic heterocycles. The van der Waals surface area contributed by atoms with E-state index in [1.807, 2.05) is 37.3 Å². The summed E-state index contributed by atoms with van der Waals surface area (Å²) < 4.78 is 16.0. The Morgan fingerprint density at radius 1 is 1.12 bits per heavy atom. The summed E-state index contributed by atoms with van der Waals surface area (Å²) in [5, 5.41) is 0. The summed E-state index contributed by atoms with van der Waals surface area (Å²) in [7, 11) is 1.47. The maximum absolute atomic E-state index is 12.9. The van der Waals surface area contributed by atoms with E-state index in [1.54, 1.807) is 34.6 Å². The molecule has 1 aromatic rings. The molecule has 0 bridgehead atoms. The lowest BCUT2D eigenvalue weighted by Crippen LogP contribution is -2.60. The molecule has 0 fully saturated rings. The van der Waals surface area contributed by atoms with Crippen molar-refractivity contribution in [2.75, 3.05) is 20.4 Å². The number of nitrogens with zero attached hydrogens (tertiary/aromatic N) is 1. The molecular weight excluding hydrogens is 334 g/mol. The van der Waals surface area contributed by atoms with Crippen molar-refractivity contribution in [3.63, 3.8) is 0 Å². The molecule has 6 heteroatoms. The van der Waals surface area contributed by atoms with Crippen LogP contribution < -0.4 is 0 Å². The van der Waals surface area contributed by atoms with Crippen LogP contribution in [0.15, 0.2) is 30.3 Å². The van der Waals surface area contributed by atoms with Crippen molar-refractivity contribution in [2.45, 2.75) is 58.6 Å². The third kappa shape index (κ3) is 5.21. The fourth-order valence-electron chi connectivity index (χ4n) is 2.69. The van der Waals surface area contributed by atoms with E-state index in [0.717, 1.165) is 5.56 Å². The molecule has 0 aliphatic heterocycles. The second kappa shape index (κ2) is 9.03. The average molecular weight is 365 g/mol. The standard InChI is InChI=1S/C20H31NO5/c1-8-25-17(22)20(6,15(2)16-12-10-9-11-13-16)21(14-24-7)18(23)26-19(3,4)5/h9-13,15H,8,14H2,1-7H3/t15-,20-/m1/s1. The third-order valence-electron chi connectivity index (χ3n) is 4.26. The highest BCUT2D eigenvalue weighted by molar-refractivity contribution is 5.86. The summed E-state index contributed by atoms with van der Waals surface area (Å²) in [6, 6.07) is 9.53. The van der Waals surface area contributed by atoms with Crippen LogP contribution in [-0.2, 0) is 19.0 Å². The van der Waals surface area contributed by atoms with Gasteiger partial charge in [0.2, 0.25) is 0 Å². The van der Waals surface area contributed by atoms with Crippen LogP contribution in [0.5, 0.6) is 0 Å². The van der Waals surface area contributed by atoms with Crippen LogP contribution in [0, 0.1) is 0 Å². The molecular formula is C20H31NO5. The summed E-state index contributed by atoms with van der Waals surface area (Å²) in [5.41, 5.74) is -1.09. The first-order valence-corrected chi connectivity index (χ1v) is 8.79. The number of amides is 1. The van der Waals surface area contributed by atoms with E-state index >= 15 is 0 Å². The second-order valence-electron chi connectivity index (χ2n) is 7.33. The van der Waals surface area contributed by atoms with Crippen LogP contribution in [0.3, 0.4) is 0 Å². The number of rotatable bonds is 7. The molecule has 6 nitrogen and oxygen atoms in total. The lowest BCUT2D eigenvalue weighted by molar-refractivity contribution is -0.161. The number of hydrogen-bond acceptors (Lipinski definition) is 5. The van der Waals surface area contributed by atoms with Gasteiger partial charge in [0, 0.05) is 13.0 Å². The Bertz CT molecular complexity index is 596. The molecule has 0 heterocycles. The molecule has 0 spiro atoms. The number of benzene rings is 1. The number of carbonyl (C=O) groups excluding carboxylic acids is 2. The van der Waals surface area contributed by atoms with Gasteiger partial charge in [-0.2, -0.15) is 0 Å². The summed E-state index contributed by atoms with van der Waals surface area (Å²) in [6.07, 6.45) is -0.627. The van der Waals surface area contributed by atoms with Crippen molar-refractivity contribution >= 4 is 12.1 Å². The van der Waals surface area contributed by atoms with Crippen LogP contribution in [0.2, 0.25) is 0 Å². The highest BCUT2D eigenvalue weighted by Crippen LogP contribution is 2.35. The molecule has 0 radical (unpaired) electrons. The van der Waals surface area contributed by atoms with Crippen molar-refractivity contribution in [3.05, 3.63) is 35.9 Å². The summed E-state index contributed by atoms with van der Waals surface area (Å²) in [6.45, 7) is 10.8. The van der Waals surface area contributed by atoms with Gasteiger partial charge in [-0.15, -0.1) is 0 Å². The molecule has 2 atom stereocenters. The topological polar surface area (TPSA) is 65.1 Å². The fourth-order valence-corrected chi connectivity index (χ4v) is 2.69. The van der Waals surface area contributed by atoms with Gasteiger partial charge in [0.15, 0.2) is 0 Å². The molecule has 1 rings (SSSR count). The second-order valence-corrected chi connectivity index (χ2v) is 7.33. The van der Waals surface area contributed by atoms with E-state index in [1.165, 1.54) is 12.0 Å². The smallest absolute Gasteiger partial charge is 0.413 e. The summed E-state index contributed by atoms with van der Waals surface area (Å²) in [5.74, 6) is -0.843. The van der Waals surface area contributed by atoms with Crippen molar-refractivity contribution in [3.8, 4) is 0 Å². The Morgan fingerprint density at radius 3 is 2.15 bits per heavy atom. The quantitative estimate of drug-likeness (QED) is 0.541. The van der Waals surface area contributed by atoms with Crippen LogP contribution in [0.1, 0.15) is 53.0 Å². The zero-order valence-corrected chi connectivity index (χ0v) is 16.9. The van der Waals surface area contributed by atoms with E-state index in [4.69, 9.17) is 14.2 Å². The van der Waals surface area contributed by atoms with Gasteiger partial charge in [0.1, 0.15) is 17.9 Å². The van der Waals surface area contributed by atoms with Gasteiger partial charge < -0.3 is 14.2 Å². The number of carbonyl (C=O) groups is 2. The summed E-state index contributed by atoms with van der Waals surface area (Å²) >= 11 is 0. The molecule has 1 amide bonds. The van der Waals surface area contributed by atoms with Crippen LogP contribution in [0.4, 0.5) is 4.79 Å². The largest absolute Gasteiger partial charge is 0.464 e.